The van der Waals surface area contributed by atoms with Crippen LogP contribution in [0.1, 0.15) is 34.1 Å². The van der Waals surface area contributed by atoms with E-state index in [4.69, 9.17) is 0 Å². The summed E-state index contributed by atoms with van der Waals surface area (Å²) < 4.78 is 23.7. The van der Waals surface area contributed by atoms with E-state index in [1.165, 1.54) is 19.9 Å². The fourth-order valence-electron chi connectivity index (χ4n) is 2.46. The fourth-order valence-corrected chi connectivity index (χ4v) is 6.18. The van der Waals surface area contributed by atoms with Crippen molar-refractivity contribution in [2.75, 3.05) is 0 Å². The van der Waals surface area contributed by atoms with E-state index < -0.39 is 31.9 Å². The van der Waals surface area contributed by atoms with Gasteiger partial charge in [0.25, 0.3) is 0 Å². The van der Waals surface area contributed by atoms with Crippen molar-refractivity contribution in [3.8, 4) is 0 Å². The van der Waals surface area contributed by atoms with E-state index in [1.54, 1.807) is 13.8 Å². The lowest BCUT2D eigenvalue weighted by Gasteiger charge is -2.44. The van der Waals surface area contributed by atoms with Crippen molar-refractivity contribution in [2.45, 2.75) is 39.0 Å². The summed E-state index contributed by atoms with van der Waals surface area (Å²) >= 11 is 0. The first-order valence-corrected chi connectivity index (χ1v) is 8.83. The predicted molar refractivity (Wildman–Crippen MR) is 74.8 cm³/mol. The van der Waals surface area contributed by atoms with E-state index >= 15 is 0 Å². The van der Waals surface area contributed by atoms with Crippen LogP contribution in [0.15, 0.2) is 24.3 Å². The lowest BCUT2D eigenvalue weighted by atomic mass is 9.84. The number of hydrogen-bond acceptors (Lipinski definition) is 2. The third-order valence-electron chi connectivity index (χ3n) is 3.07. The maximum atomic E-state index is 11.8. The van der Waals surface area contributed by atoms with Gasteiger partial charge in [0.2, 0.25) is 0 Å². The first-order valence-electron chi connectivity index (χ1n) is 5.61. The summed E-state index contributed by atoms with van der Waals surface area (Å²) in [5.41, 5.74) is -0.696. The van der Waals surface area contributed by atoms with Crippen LogP contribution >= 0.6 is 15.2 Å². The van der Waals surface area contributed by atoms with Gasteiger partial charge >= 0.3 is 15.2 Å². The summed E-state index contributed by atoms with van der Waals surface area (Å²) in [6.07, 6.45) is 2.10. The smallest absolute Gasteiger partial charge is 0.324 e. The van der Waals surface area contributed by atoms with Crippen LogP contribution in [0.3, 0.4) is 0 Å². The highest BCUT2D eigenvalue weighted by Crippen LogP contribution is 2.77. The van der Waals surface area contributed by atoms with Gasteiger partial charge < -0.3 is 19.6 Å². The maximum absolute atomic E-state index is 11.8. The lowest BCUT2D eigenvalue weighted by Crippen LogP contribution is -2.43. The SMILES string of the molecule is C=CCC(C(C)(C)C=C(C)C)(P(=O)(O)O)P(=O)(O)O. The molecule has 0 fully saturated rings. The van der Waals surface area contributed by atoms with E-state index in [-0.39, 0.29) is 0 Å². The van der Waals surface area contributed by atoms with Crippen LogP contribution in [0, 0.1) is 5.41 Å². The molecule has 0 saturated carbocycles. The highest BCUT2D eigenvalue weighted by molar-refractivity contribution is 7.72. The third kappa shape index (κ3) is 3.46. The molecular formula is C11H22O6P2. The molecule has 6 nitrogen and oxygen atoms in total. The molecule has 4 N–H and O–H groups in total. The second-order valence-corrected chi connectivity index (χ2v) is 9.40. The first-order chi connectivity index (χ1) is 8.23. The number of rotatable bonds is 6. The largest absolute Gasteiger partial charge is 0.344 e. The molecule has 0 aliphatic heterocycles. The Morgan fingerprint density at radius 2 is 1.47 bits per heavy atom. The van der Waals surface area contributed by atoms with E-state index in [2.05, 4.69) is 6.58 Å². The summed E-state index contributed by atoms with van der Waals surface area (Å²) in [6.45, 7) is 9.56. The molecule has 112 valence electrons. The molecule has 0 aromatic rings. The van der Waals surface area contributed by atoms with Crippen LogP contribution in [0.5, 0.6) is 0 Å². The van der Waals surface area contributed by atoms with Crippen molar-refractivity contribution in [3.63, 3.8) is 0 Å². The predicted octanol–water partition coefficient (Wildman–Crippen LogP) is 2.61. The van der Waals surface area contributed by atoms with Crippen molar-refractivity contribution < 1.29 is 28.7 Å². The molecule has 0 aliphatic rings. The molecule has 0 amide bonds. The van der Waals surface area contributed by atoms with Gasteiger partial charge in [0.15, 0.2) is 4.90 Å². The molecular weight excluding hydrogens is 290 g/mol. The Kier molecular flexibility index (Phi) is 5.58. The van der Waals surface area contributed by atoms with Crippen molar-refractivity contribution in [3.05, 3.63) is 24.3 Å². The standard InChI is InChI=1S/C11H22O6P2/c1-6-7-11(18(12,13)14,19(15,16)17)10(4,5)8-9(2)3/h6,8H,1,7H2,2-5H3,(H2,12,13,14)(H2,15,16,17). The second-order valence-electron chi connectivity index (χ2n) is 5.34. The van der Waals surface area contributed by atoms with E-state index in [0.29, 0.717) is 5.57 Å². The summed E-state index contributed by atoms with van der Waals surface area (Å²) in [5.74, 6) is 0. The van der Waals surface area contributed by atoms with Crippen molar-refractivity contribution >= 4 is 15.2 Å². The first kappa shape index (κ1) is 18.8. The van der Waals surface area contributed by atoms with Gasteiger partial charge in [0, 0.05) is 5.41 Å². The molecule has 0 aromatic heterocycles. The summed E-state index contributed by atoms with van der Waals surface area (Å²) in [4.78, 5) is 35.8. The Hall–Kier alpha value is -0.220. The van der Waals surface area contributed by atoms with Crippen LogP contribution in [-0.4, -0.2) is 24.5 Å². The fraction of sp³-hybridized carbons (Fsp3) is 0.636. The van der Waals surface area contributed by atoms with Crippen LogP contribution in [0.2, 0.25) is 0 Å². The molecule has 0 unspecified atom stereocenters. The Bertz CT molecular complexity index is 442. The zero-order chi connectivity index (χ0) is 15.7. The summed E-state index contributed by atoms with van der Waals surface area (Å²) in [5, 5.41) is 0. The van der Waals surface area contributed by atoms with Crippen LogP contribution < -0.4 is 0 Å². The van der Waals surface area contributed by atoms with Gasteiger partial charge in [-0.05, 0) is 20.3 Å². The minimum absolute atomic E-state index is 0.488. The average Bonchev–Trinajstić information content (AvgIpc) is 2.06. The van der Waals surface area contributed by atoms with Crippen LogP contribution in [0.25, 0.3) is 0 Å². The van der Waals surface area contributed by atoms with Gasteiger partial charge in [-0.15, -0.1) is 6.58 Å². The van der Waals surface area contributed by atoms with E-state index in [1.807, 2.05) is 0 Å². The van der Waals surface area contributed by atoms with Crippen molar-refractivity contribution in [2.24, 2.45) is 5.41 Å². The van der Waals surface area contributed by atoms with E-state index in [9.17, 15) is 28.7 Å². The van der Waals surface area contributed by atoms with E-state index in [0.717, 1.165) is 6.08 Å². The Labute approximate surface area is 113 Å². The monoisotopic (exact) mass is 312 g/mol. The molecule has 0 heterocycles. The minimum atomic E-state index is -5.10. The average molecular weight is 312 g/mol. The second kappa shape index (κ2) is 5.65. The Balaban J connectivity index is 6.50. The molecule has 0 bridgehead atoms. The van der Waals surface area contributed by atoms with Crippen molar-refractivity contribution in [1.82, 2.24) is 0 Å². The third-order valence-corrected chi connectivity index (χ3v) is 8.08. The molecule has 0 saturated heterocycles. The molecule has 0 atom stereocenters. The minimum Gasteiger partial charge on any atom is -0.324 e. The maximum Gasteiger partial charge on any atom is 0.344 e. The van der Waals surface area contributed by atoms with Gasteiger partial charge in [-0.1, -0.05) is 31.6 Å². The Morgan fingerprint density at radius 1 is 1.11 bits per heavy atom. The normalized spacial score (nSPS) is 14.1. The summed E-state index contributed by atoms with van der Waals surface area (Å²) in [7, 11) is -10.2. The number of allylic oxidation sites excluding steroid dienone is 3. The van der Waals surface area contributed by atoms with Gasteiger partial charge in [-0.3, -0.25) is 9.13 Å². The highest BCUT2D eigenvalue weighted by Gasteiger charge is 2.66. The van der Waals surface area contributed by atoms with Gasteiger partial charge in [0.05, 0.1) is 0 Å². The van der Waals surface area contributed by atoms with Crippen LogP contribution in [0.4, 0.5) is 0 Å². The molecule has 19 heavy (non-hydrogen) atoms. The highest BCUT2D eigenvalue weighted by atomic mass is 31.2. The molecule has 0 spiro atoms. The zero-order valence-electron chi connectivity index (χ0n) is 11.6. The molecule has 0 radical (unpaired) electrons. The molecule has 0 rings (SSSR count). The van der Waals surface area contributed by atoms with Gasteiger partial charge in [-0.25, -0.2) is 0 Å². The van der Waals surface area contributed by atoms with Gasteiger partial charge in [0.1, 0.15) is 0 Å². The van der Waals surface area contributed by atoms with Crippen molar-refractivity contribution in [1.29, 1.82) is 0 Å². The summed E-state index contributed by atoms with van der Waals surface area (Å²) in [6, 6.07) is 0. The lowest BCUT2D eigenvalue weighted by molar-refractivity contribution is 0.247. The van der Waals surface area contributed by atoms with Crippen LogP contribution in [-0.2, 0) is 9.13 Å². The topological polar surface area (TPSA) is 115 Å². The molecule has 8 heteroatoms. The molecule has 0 aromatic carbocycles. The van der Waals surface area contributed by atoms with Gasteiger partial charge in [-0.2, -0.15) is 0 Å². The zero-order valence-corrected chi connectivity index (χ0v) is 13.4. The Morgan fingerprint density at radius 3 is 1.68 bits per heavy atom. The molecule has 0 aliphatic carbocycles. The number of hydrogen-bond donors (Lipinski definition) is 4. The quantitative estimate of drug-likeness (QED) is 0.442.